The number of aromatic nitrogens is 2. The number of carbonyl (C=O) groups is 1. The fourth-order valence-electron chi connectivity index (χ4n) is 2.74. The van der Waals surface area contributed by atoms with Crippen LogP contribution in [0.3, 0.4) is 0 Å². The summed E-state index contributed by atoms with van der Waals surface area (Å²) >= 11 is 0. The van der Waals surface area contributed by atoms with Gasteiger partial charge in [0.15, 0.2) is 0 Å². The van der Waals surface area contributed by atoms with Gasteiger partial charge in [-0.1, -0.05) is 26.2 Å². The molecule has 2 N–H and O–H groups in total. The van der Waals surface area contributed by atoms with E-state index in [2.05, 4.69) is 27.5 Å². The summed E-state index contributed by atoms with van der Waals surface area (Å²) in [7, 11) is 0. The Balaban J connectivity index is 2.01. The Morgan fingerprint density at radius 1 is 1.25 bits per heavy atom. The van der Waals surface area contributed by atoms with Crippen LogP contribution in [0.4, 0.5) is 0 Å². The maximum Gasteiger partial charge on any atom is 0.240 e. The van der Waals surface area contributed by atoms with Gasteiger partial charge in [0, 0.05) is 31.0 Å². The lowest BCUT2D eigenvalue weighted by Gasteiger charge is -2.37. The molecule has 1 aromatic rings. The van der Waals surface area contributed by atoms with Crippen molar-refractivity contribution in [3.63, 3.8) is 0 Å². The molecule has 1 saturated carbocycles. The molecule has 0 aliphatic heterocycles. The van der Waals surface area contributed by atoms with Crippen LogP contribution < -0.4 is 10.6 Å². The number of hydrogen-bond acceptors (Lipinski definition) is 4. The van der Waals surface area contributed by atoms with Crippen molar-refractivity contribution in [3.05, 3.63) is 24.3 Å². The molecular weight excluding hydrogens is 252 g/mol. The number of nitrogens with one attached hydrogen (secondary N) is 2. The molecular formula is C15H24N4O. The van der Waals surface area contributed by atoms with E-state index >= 15 is 0 Å². The molecule has 0 spiro atoms. The Morgan fingerprint density at radius 3 is 2.60 bits per heavy atom. The van der Waals surface area contributed by atoms with Crippen LogP contribution >= 0.6 is 0 Å². The molecule has 5 heteroatoms. The minimum absolute atomic E-state index is 0.149. The number of carbonyl (C=O) groups excluding carboxylic acids is 1. The van der Waals surface area contributed by atoms with Crippen molar-refractivity contribution in [1.29, 1.82) is 0 Å². The molecule has 0 aromatic carbocycles. The molecule has 1 aliphatic carbocycles. The highest BCUT2D eigenvalue weighted by atomic mass is 16.2. The van der Waals surface area contributed by atoms with Crippen LogP contribution in [-0.4, -0.2) is 28.0 Å². The van der Waals surface area contributed by atoms with E-state index < -0.39 is 5.54 Å². The largest absolute Gasteiger partial charge is 0.355 e. The molecule has 0 unspecified atom stereocenters. The zero-order chi connectivity index (χ0) is 14.3. The summed E-state index contributed by atoms with van der Waals surface area (Å²) < 4.78 is 0. The Bertz CT molecular complexity index is 415. The molecule has 1 aliphatic rings. The fraction of sp³-hybridized carbons (Fsp3) is 0.667. The Kier molecular flexibility index (Phi) is 5.47. The normalized spacial score (nSPS) is 17.6. The highest BCUT2D eigenvalue weighted by molar-refractivity contribution is 5.86. The maximum atomic E-state index is 12.5. The smallest absolute Gasteiger partial charge is 0.240 e. The van der Waals surface area contributed by atoms with E-state index in [1.165, 1.54) is 12.7 Å². The monoisotopic (exact) mass is 276 g/mol. The van der Waals surface area contributed by atoms with Gasteiger partial charge >= 0.3 is 0 Å². The summed E-state index contributed by atoms with van der Waals surface area (Å²) in [6.07, 6.45) is 11.3. The van der Waals surface area contributed by atoms with E-state index in [4.69, 9.17) is 0 Å². The average molecular weight is 276 g/mol. The molecule has 1 heterocycles. The summed E-state index contributed by atoms with van der Waals surface area (Å²) in [4.78, 5) is 20.5. The molecule has 5 nitrogen and oxygen atoms in total. The molecule has 0 bridgehead atoms. The van der Waals surface area contributed by atoms with Crippen LogP contribution in [0.5, 0.6) is 0 Å². The van der Waals surface area contributed by atoms with Crippen molar-refractivity contribution < 1.29 is 4.79 Å². The summed E-state index contributed by atoms with van der Waals surface area (Å²) in [6, 6.07) is 0. The van der Waals surface area contributed by atoms with E-state index in [0.29, 0.717) is 6.54 Å². The predicted octanol–water partition coefficient (Wildman–Crippen LogP) is 1.80. The Hall–Kier alpha value is -1.49. The maximum absolute atomic E-state index is 12.5. The van der Waals surface area contributed by atoms with Crippen LogP contribution in [0.1, 0.15) is 51.0 Å². The van der Waals surface area contributed by atoms with E-state index in [0.717, 1.165) is 44.2 Å². The lowest BCUT2D eigenvalue weighted by molar-refractivity contribution is -0.129. The van der Waals surface area contributed by atoms with Crippen molar-refractivity contribution in [2.24, 2.45) is 0 Å². The van der Waals surface area contributed by atoms with Gasteiger partial charge in [-0.15, -0.1) is 0 Å². The van der Waals surface area contributed by atoms with E-state index in [9.17, 15) is 4.79 Å². The fourth-order valence-corrected chi connectivity index (χ4v) is 2.74. The summed E-state index contributed by atoms with van der Waals surface area (Å²) in [5.41, 5.74) is 0.601. The molecule has 0 atom stereocenters. The third-order valence-corrected chi connectivity index (χ3v) is 3.92. The van der Waals surface area contributed by atoms with Crippen LogP contribution in [0, 0.1) is 0 Å². The van der Waals surface area contributed by atoms with Gasteiger partial charge < -0.3 is 5.32 Å². The van der Waals surface area contributed by atoms with E-state index in [-0.39, 0.29) is 5.91 Å². The van der Waals surface area contributed by atoms with E-state index in [1.54, 1.807) is 12.4 Å². The quantitative estimate of drug-likeness (QED) is 0.831. The summed E-state index contributed by atoms with van der Waals surface area (Å²) in [5, 5.41) is 6.51. The first kappa shape index (κ1) is 14.9. The van der Waals surface area contributed by atoms with Gasteiger partial charge in [-0.2, -0.15) is 0 Å². The van der Waals surface area contributed by atoms with E-state index in [1.807, 2.05) is 0 Å². The number of amides is 1. The number of hydrogen-bond donors (Lipinski definition) is 2. The second-order valence-electron chi connectivity index (χ2n) is 5.50. The molecule has 110 valence electrons. The molecule has 1 amide bonds. The molecule has 1 fully saturated rings. The van der Waals surface area contributed by atoms with Crippen LogP contribution in [0.15, 0.2) is 18.7 Å². The third-order valence-electron chi connectivity index (χ3n) is 3.92. The Morgan fingerprint density at radius 2 is 1.95 bits per heavy atom. The zero-order valence-electron chi connectivity index (χ0n) is 12.2. The van der Waals surface area contributed by atoms with Crippen LogP contribution in [0.2, 0.25) is 0 Å². The van der Waals surface area contributed by atoms with Crippen LogP contribution in [-0.2, 0) is 11.3 Å². The van der Waals surface area contributed by atoms with Gasteiger partial charge in [0.25, 0.3) is 0 Å². The highest BCUT2D eigenvalue weighted by Gasteiger charge is 2.38. The number of nitrogens with zero attached hydrogens (tertiary/aromatic N) is 2. The number of rotatable bonds is 6. The zero-order valence-corrected chi connectivity index (χ0v) is 12.2. The molecule has 20 heavy (non-hydrogen) atoms. The van der Waals surface area contributed by atoms with Gasteiger partial charge in [0.05, 0.1) is 5.54 Å². The molecule has 1 aromatic heterocycles. The second kappa shape index (κ2) is 7.33. The lowest BCUT2D eigenvalue weighted by atomic mass is 9.80. The second-order valence-corrected chi connectivity index (χ2v) is 5.50. The Labute approximate surface area is 120 Å². The van der Waals surface area contributed by atoms with Crippen molar-refractivity contribution in [2.45, 2.75) is 57.5 Å². The van der Waals surface area contributed by atoms with Crippen LogP contribution in [0.25, 0.3) is 0 Å². The first-order valence-electron chi connectivity index (χ1n) is 7.54. The first-order valence-corrected chi connectivity index (χ1v) is 7.54. The van der Waals surface area contributed by atoms with Crippen molar-refractivity contribution in [3.8, 4) is 0 Å². The van der Waals surface area contributed by atoms with Crippen molar-refractivity contribution in [2.75, 3.05) is 6.54 Å². The molecule has 0 saturated heterocycles. The average Bonchev–Trinajstić information content (AvgIpc) is 2.52. The first-order chi connectivity index (χ1) is 9.77. The van der Waals surface area contributed by atoms with Gasteiger partial charge in [0.1, 0.15) is 6.33 Å². The standard InChI is InChI=1S/C15H24N4O/c1-2-8-18-14(20)15(6-4-3-5-7-15)19-11-13-9-16-12-17-10-13/h9-10,12,19H,2-8,11H2,1H3,(H,18,20). The van der Waals surface area contributed by atoms with Crippen molar-refractivity contribution >= 4 is 5.91 Å². The minimum Gasteiger partial charge on any atom is -0.355 e. The predicted molar refractivity (Wildman–Crippen MR) is 78.0 cm³/mol. The van der Waals surface area contributed by atoms with Gasteiger partial charge in [-0.3, -0.25) is 10.1 Å². The summed E-state index contributed by atoms with van der Waals surface area (Å²) in [6.45, 7) is 3.46. The van der Waals surface area contributed by atoms with Gasteiger partial charge in [-0.05, 0) is 19.3 Å². The lowest BCUT2D eigenvalue weighted by Crippen LogP contribution is -2.57. The van der Waals surface area contributed by atoms with Gasteiger partial charge in [0.2, 0.25) is 5.91 Å². The SMILES string of the molecule is CCCNC(=O)C1(NCc2cncnc2)CCCCC1. The molecule has 2 rings (SSSR count). The minimum atomic E-state index is -0.413. The van der Waals surface area contributed by atoms with Crippen molar-refractivity contribution in [1.82, 2.24) is 20.6 Å². The topological polar surface area (TPSA) is 66.9 Å². The summed E-state index contributed by atoms with van der Waals surface area (Å²) in [5.74, 6) is 0.149. The highest BCUT2D eigenvalue weighted by Crippen LogP contribution is 2.28. The molecule has 0 radical (unpaired) electrons. The van der Waals surface area contributed by atoms with Gasteiger partial charge in [-0.25, -0.2) is 9.97 Å². The third kappa shape index (κ3) is 3.76.